The van der Waals surface area contributed by atoms with Crippen LogP contribution in [0.4, 0.5) is 17.6 Å². The highest BCUT2D eigenvalue weighted by atomic mass is 19.4. The Morgan fingerprint density at radius 2 is 1.71 bits per heavy atom. The number of phenols is 1. The molecule has 0 unspecified atom stereocenters. The van der Waals surface area contributed by atoms with Crippen molar-refractivity contribution in [2.75, 3.05) is 0 Å². The molecule has 0 atom stereocenters. The quantitative estimate of drug-likeness (QED) is 0.457. The Balaban J connectivity index is 1.95. The monoisotopic (exact) mass is 428 g/mol. The van der Waals surface area contributed by atoms with Gasteiger partial charge in [0.15, 0.2) is 0 Å². The molecule has 4 aromatic rings. The Kier molecular flexibility index (Phi) is 5.22. The highest BCUT2D eigenvalue weighted by Gasteiger charge is 2.34. The number of hydrogen-bond donors (Lipinski definition) is 1. The summed E-state index contributed by atoms with van der Waals surface area (Å²) in [7, 11) is 0. The highest BCUT2D eigenvalue weighted by Crippen LogP contribution is 2.35. The van der Waals surface area contributed by atoms with Gasteiger partial charge in [-0.05, 0) is 48.4 Å². The third-order valence-corrected chi connectivity index (χ3v) is 4.95. The Morgan fingerprint density at radius 3 is 2.42 bits per heavy atom. The molecule has 0 saturated heterocycles. The van der Waals surface area contributed by atoms with Crippen molar-refractivity contribution in [3.63, 3.8) is 0 Å². The van der Waals surface area contributed by atoms with Gasteiger partial charge in [0.25, 0.3) is 5.56 Å². The van der Waals surface area contributed by atoms with Crippen LogP contribution in [0.2, 0.25) is 0 Å². The number of benzene rings is 3. The maximum atomic E-state index is 13.5. The molecular formula is C23H16F4N2O2. The molecule has 0 aliphatic carbocycles. The van der Waals surface area contributed by atoms with Crippen molar-refractivity contribution in [3.05, 3.63) is 94.0 Å². The van der Waals surface area contributed by atoms with E-state index in [1.54, 1.807) is 18.2 Å². The molecule has 0 spiro atoms. The second-order valence-corrected chi connectivity index (χ2v) is 6.99. The van der Waals surface area contributed by atoms with Crippen LogP contribution in [0.5, 0.6) is 5.75 Å². The Labute approximate surface area is 174 Å². The smallest absolute Gasteiger partial charge is 0.418 e. The molecule has 0 fully saturated rings. The molecule has 158 valence electrons. The van der Waals surface area contributed by atoms with Crippen LogP contribution >= 0.6 is 0 Å². The van der Waals surface area contributed by atoms with Crippen molar-refractivity contribution in [1.82, 2.24) is 9.55 Å². The molecule has 1 aromatic heterocycles. The summed E-state index contributed by atoms with van der Waals surface area (Å²) in [5.74, 6) is -0.751. The maximum Gasteiger partial charge on any atom is 0.418 e. The summed E-state index contributed by atoms with van der Waals surface area (Å²) in [6.45, 7) is 0.0329. The van der Waals surface area contributed by atoms with Crippen molar-refractivity contribution >= 4 is 10.9 Å². The van der Waals surface area contributed by atoms with Crippen molar-refractivity contribution in [3.8, 4) is 17.1 Å². The standard InChI is InChI=1S/C23H16F4N2O2/c24-15-6-3-5-14(13-15)11-12-29-21(16-7-1-2-10-19(16)30)28-20-17(22(29)31)8-4-9-18(20)23(25,26)27/h1-10,13,30H,11-12H2. The van der Waals surface area contributed by atoms with Crippen molar-refractivity contribution in [2.45, 2.75) is 19.1 Å². The Morgan fingerprint density at radius 1 is 0.968 bits per heavy atom. The van der Waals surface area contributed by atoms with E-state index in [4.69, 9.17) is 0 Å². The van der Waals surface area contributed by atoms with Crippen LogP contribution in [0.3, 0.4) is 0 Å². The van der Waals surface area contributed by atoms with Crippen LogP contribution < -0.4 is 5.56 Å². The van der Waals surface area contributed by atoms with Crippen LogP contribution in [0.1, 0.15) is 11.1 Å². The molecule has 0 aliphatic heterocycles. The van der Waals surface area contributed by atoms with Crippen molar-refractivity contribution in [2.24, 2.45) is 0 Å². The van der Waals surface area contributed by atoms with Gasteiger partial charge in [-0.2, -0.15) is 13.2 Å². The summed E-state index contributed by atoms with van der Waals surface area (Å²) in [5.41, 5.74) is -1.46. The molecule has 31 heavy (non-hydrogen) atoms. The number of halogens is 4. The summed E-state index contributed by atoms with van der Waals surface area (Å²) in [6, 6.07) is 15.1. The van der Waals surface area contributed by atoms with E-state index in [0.717, 1.165) is 12.1 Å². The number of rotatable bonds is 4. The lowest BCUT2D eigenvalue weighted by Crippen LogP contribution is -2.25. The van der Waals surface area contributed by atoms with Crippen LogP contribution in [-0.2, 0) is 19.1 Å². The third-order valence-electron chi connectivity index (χ3n) is 4.95. The van der Waals surface area contributed by atoms with Gasteiger partial charge in [0.2, 0.25) is 0 Å². The van der Waals surface area contributed by atoms with E-state index in [0.29, 0.717) is 5.56 Å². The van der Waals surface area contributed by atoms with Gasteiger partial charge < -0.3 is 5.11 Å². The summed E-state index contributed by atoms with van der Waals surface area (Å²) in [5, 5.41) is 10.1. The predicted molar refractivity (Wildman–Crippen MR) is 108 cm³/mol. The van der Waals surface area contributed by atoms with Crippen molar-refractivity contribution in [1.29, 1.82) is 0 Å². The van der Waals surface area contributed by atoms with E-state index in [-0.39, 0.29) is 35.5 Å². The summed E-state index contributed by atoms with van der Waals surface area (Å²) in [4.78, 5) is 17.4. The van der Waals surface area contributed by atoms with Crippen LogP contribution in [-0.4, -0.2) is 14.7 Å². The number of fused-ring (bicyclic) bond motifs is 1. The average molecular weight is 428 g/mol. The Bertz CT molecular complexity index is 1330. The first-order valence-electron chi connectivity index (χ1n) is 9.39. The van der Waals surface area contributed by atoms with Gasteiger partial charge in [-0.3, -0.25) is 9.36 Å². The van der Waals surface area contributed by atoms with Crippen LogP contribution in [0.25, 0.3) is 22.3 Å². The van der Waals surface area contributed by atoms with Crippen molar-refractivity contribution < 1.29 is 22.7 Å². The normalized spacial score (nSPS) is 11.7. The zero-order chi connectivity index (χ0) is 22.2. The lowest BCUT2D eigenvalue weighted by atomic mass is 10.1. The second kappa shape index (κ2) is 7.86. The van der Waals surface area contributed by atoms with E-state index in [2.05, 4.69) is 4.98 Å². The summed E-state index contributed by atoms with van der Waals surface area (Å²) >= 11 is 0. The molecule has 1 N–H and O–H groups in total. The van der Waals surface area contributed by atoms with Gasteiger partial charge in [0.1, 0.15) is 17.4 Å². The fourth-order valence-corrected chi connectivity index (χ4v) is 3.48. The fraction of sp³-hybridized carbons (Fsp3) is 0.130. The number of para-hydroxylation sites is 2. The number of aromatic nitrogens is 2. The first kappa shape index (κ1) is 20.6. The molecule has 8 heteroatoms. The topological polar surface area (TPSA) is 55.1 Å². The van der Waals surface area contributed by atoms with Gasteiger partial charge in [-0.1, -0.05) is 30.3 Å². The summed E-state index contributed by atoms with van der Waals surface area (Å²) in [6.07, 6.45) is -4.47. The highest BCUT2D eigenvalue weighted by molar-refractivity contribution is 5.84. The molecular weight excluding hydrogens is 412 g/mol. The molecule has 4 rings (SSSR count). The van der Waals surface area contributed by atoms with E-state index in [1.165, 1.54) is 41.0 Å². The summed E-state index contributed by atoms with van der Waals surface area (Å²) < 4.78 is 55.3. The second-order valence-electron chi connectivity index (χ2n) is 6.99. The first-order valence-corrected chi connectivity index (χ1v) is 9.39. The van der Waals surface area contributed by atoms with E-state index in [9.17, 15) is 27.5 Å². The molecule has 0 amide bonds. The first-order chi connectivity index (χ1) is 14.8. The van der Waals surface area contributed by atoms with Crippen LogP contribution in [0.15, 0.2) is 71.5 Å². The van der Waals surface area contributed by atoms with Gasteiger partial charge in [-0.25, -0.2) is 9.37 Å². The molecule has 1 heterocycles. The minimum absolute atomic E-state index is 0.0329. The average Bonchev–Trinajstić information content (AvgIpc) is 2.72. The molecule has 0 radical (unpaired) electrons. The largest absolute Gasteiger partial charge is 0.507 e. The number of aryl methyl sites for hydroxylation is 1. The van der Waals surface area contributed by atoms with Crippen LogP contribution in [0, 0.1) is 5.82 Å². The number of alkyl halides is 3. The SMILES string of the molecule is O=c1c2cccc(C(F)(F)F)c2nc(-c2ccccc2O)n1CCc1cccc(F)c1. The molecule has 4 nitrogen and oxygen atoms in total. The number of aromatic hydroxyl groups is 1. The Hall–Kier alpha value is -3.68. The molecule has 0 saturated carbocycles. The fourth-order valence-electron chi connectivity index (χ4n) is 3.48. The van der Waals surface area contributed by atoms with Gasteiger partial charge in [0.05, 0.1) is 22.0 Å². The lowest BCUT2D eigenvalue weighted by Gasteiger charge is -2.17. The zero-order valence-corrected chi connectivity index (χ0v) is 16.0. The van der Waals surface area contributed by atoms with Gasteiger partial charge in [-0.15, -0.1) is 0 Å². The lowest BCUT2D eigenvalue weighted by molar-refractivity contribution is -0.136. The number of phenolic OH excluding ortho intramolecular Hbond substituents is 1. The minimum Gasteiger partial charge on any atom is -0.507 e. The van der Waals surface area contributed by atoms with Gasteiger partial charge >= 0.3 is 6.18 Å². The molecule has 3 aromatic carbocycles. The van der Waals surface area contributed by atoms with E-state index in [1.807, 2.05) is 0 Å². The number of nitrogens with zero attached hydrogens (tertiary/aromatic N) is 2. The maximum absolute atomic E-state index is 13.5. The minimum atomic E-state index is -4.71. The molecule has 0 bridgehead atoms. The van der Waals surface area contributed by atoms with Gasteiger partial charge in [0, 0.05) is 6.54 Å². The third kappa shape index (κ3) is 4.01. The zero-order valence-electron chi connectivity index (χ0n) is 16.0. The molecule has 0 aliphatic rings. The number of hydrogen-bond acceptors (Lipinski definition) is 3. The van der Waals surface area contributed by atoms with E-state index >= 15 is 0 Å². The predicted octanol–water partition coefficient (Wildman–Crippen LogP) is 5.17. The van der Waals surface area contributed by atoms with E-state index < -0.39 is 28.6 Å².